The van der Waals surface area contributed by atoms with Crippen molar-refractivity contribution in [2.75, 3.05) is 0 Å². The van der Waals surface area contributed by atoms with E-state index in [1.807, 2.05) is 24.3 Å². The second kappa shape index (κ2) is 7.20. The lowest BCUT2D eigenvalue weighted by Gasteiger charge is -2.23. The van der Waals surface area contributed by atoms with Gasteiger partial charge >= 0.3 is 0 Å². The molecule has 0 saturated heterocycles. The number of hydrogen-bond donors (Lipinski definition) is 2. The van der Waals surface area contributed by atoms with Crippen LogP contribution in [0.5, 0.6) is 0 Å². The van der Waals surface area contributed by atoms with E-state index in [-0.39, 0.29) is 17.6 Å². The summed E-state index contributed by atoms with van der Waals surface area (Å²) in [5.41, 5.74) is 3.70. The topological polar surface area (TPSA) is 66.4 Å². The molecular weight excluding hydrogens is 254 g/mol. The number of ketones is 1. The molecule has 0 fully saturated rings. The van der Waals surface area contributed by atoms with Crippen LogP contribution in [0.15, 0.2) is 24.3 Å². The summed E-state index contributed by atoms with van der Waals surface area (Å²) >= 11 is 0. The zero-order valence-corrected chi connectivity index (χ0v) is 11.6. The van der Waals surface area contributed by atoms with Gasteiger partial charge in [0.2, 0.25) is 5.91 Å². The Morgan fingerprint density at radius 2 is 2.05 bits per heavy atom. The van der Waals surface area contributed by atoms with Gasteiger partial charge in [-0.3, -0.25) is 14.8 Å². The summed E-state index contributed by atoms with van der Waals surface area (Å²) in [7, 11) is 0. The fraction of sp³-hybridized carbons (Fsp3) is 0.500. The van der Waals surface area contributed by atoms with Crippen molar-refractivity contribution in [1.29, 1.82) is 0 Å². The van der Waals surface area contributed by atoms with E-state index in [9.17, 15) is 9.59 Å². The van der Waals surface area contributed by atoms with Crippen LogP contribution in [0.3, 0.4) is 0 Å². The fourth-order valence-corrected chi connectivity index (χ4v) is 2.84. The number of carbonyl (C=O) groups is 2. The van der Waals surface area contributed by atoms with Crippen LogP contribution in [-0.4, -0.2) is 16.9 Å². The third kappa shape index (κ3) is 3.67. The van der Waals surface area contributed by atoms with Crippen LogP contribution in [0.25, 0.3) is 0 Å². The molecule has 1 aromatic rings. The normalized spacial score (nSPS) is 17.6. The molecule has 0 bridgehead atoms. The minimum atomic E-state index is -0.340. The largest absolute Gasteiger partial charge is 0.294 e. The van der Waals surface area contributed by atoms with Crippen molar-refractivity contribution in [3.63, 3.8) is 0 Å². The van der Waals surface area contributed by atoms with Crippen molar-refractivity contribution in [2.24, 2.45) is 5.92 Å². The van der Waals surface area contributed by atoms with Crippen LogP contribution in [0.2, 0.25) is 0 Å². The van der Waals surface area contributed by atoms with Crippen molar-refractivity contribution in [1.82, 2.24) is 5.48 Å². The average Bonchev–Trinajstić information content (AvgIpc) is 2.49. The maximum Gasteiger partial charge on any atom is 0.243 e. The minimum absolute atomic E-state index is 0.136. The van der Waals surface area contributed by atoms with E-state index < -0.39 is 0 Å². The Morgan fingerprint density at radius 3 is 2.85 bits per heavy atom. The lowest BCUT2D eigenvalue weighted by molar-refractivity contribution is -0.129. The maximum atomic E-state index is 12.3. The number of fused-ring (bicyclic) bond motifs is 1. The zero-order valence-electron chi connectivity index (χ0n) is 11.6. The molecule has 1 aliphatic rings. The number of aryl methyl sites for hydroxylation is 1. The third-order valence-corrected chi connectivity index (χ3v) is 4.00. The number of rotatable bonds is 6. The van der Waals surface area contributed by atoms with E-state index in [0.717, 1.165) is 44.1 Å². The highest BCUT2D eigenvalue weighted by Crippen LogP contribution is 2.28. The van der Waals surface area contributed by atoms with Gasteiger partial charge in [0, 0.05) is 17.9 Å². The molecule has 108 valence electrons. The quantitative estimate of drug-likeness (QED) is 0.476. The van der Waals surface area contributed by atoms with Crippen molar-refractivity contribution in [3.8, 4) is 0 Å². The lowest BCUT2D eigenvalue weighted by Crippen LogP contribution is -2.22. The number of carbonyl (C=O) groups excluding carboxylic acids is 2. The summed E-state index contributed by atoms with van der Waals surface area (Å²) in [6, 6.07) is 7.87. The molecule has 20 heavy (non-hydrogen) atoms. The maximum absolute atomic E-state index is 12.3. The first-order valence-electron chi connectivity index (χ1n) is 7.27. The van der Waals surface area contributed by atoms with E-state index in [1.54, 1.807) is 5.48 Å². The number of amides is 1. The molecule has 0 heterocycles. The third-order valence-electron chi connectivity index (χ3n) is 4.00. The SMILES string of the molecule is O=C(CCCCCC1CCc2ccccc2C1=O)NO. The predicted octanol–water partition coefficient (Wildman–Crippen LogP) is 2.89. The zero-order chi connectivity index (χ0) is 14.4. The number of unbranched alkanes of at least 4 members (excludes halogenated alkanes) is 2. The minimum Gasteiger partial charge on any atom is -0.294 e. The van der Waals surface area contributed by atoms with Gasteiger partial charge in [-0.1, -0.05) is 37.1 Å². The van der Waals surface area contributed by atoms with Gasteiger partial charge in [-0.25, -0.2) is 5.48 Å². The van der Waals surface area contributed by atoms with Gasteiger partial charge in [0.25, 0.3) is 0 Å². The van der Waals surface area contributed by atoms with Gasteiger partial charge in [0.05, 0.1) is 0 Å². The first-order valence-corrected chi connectivity index (χ1v) is 7.27. The molecule has 1 atom stereocenters. The molecule has 1 amide bonds. The Bertz CT molecular complexity index is 484. The standard InChI is InChI=1S/C16H21NO3/c18-15(17-20)9-3-1-2-7-13-11-10-12-6-4-5-8-14(12)16(13)19/h4-6,8,13,20H,1-3,7,9-11H2,(H,17,18). The fourth-order valence-electron chi connectivity index (χ4n) is 2.84. The molecule has 0 aliphatic heterocycles. The smallest absolute Gasteiger partial charge is 0.243 e. The van der Waals surface area contributed by atoms with E-state index in [0.29, 0.717) is 6.42 Å². The number of hydroxylamine groups is 1. The Hall–Kier alpha value is -1.68. The highest BCUT2D eigenvalue weighted by atomic mass is 16.5. The first-order chi connectivity index (χ1) is 9.72. The highest BCUT2D eigenvalue weighted by Gasteiger charge is 2.26. The van der Waals surface area contributed by atoms with Gasteiger partial charge in [0.1, 0.15) is 0 Å². The molecule has 0 radical (unpaired) electrons. The van der Waals surface area contributed by atoms with Crippen LogP contribution in [0.1, 0.15) is 54.4 Å². The Balaban J connectivity index is 1.75. The highest BCUT2D eigenvalue weighted by molar-refractivity contribution is 6.00. The van der Waals surface area contributed by atoms with Gasteiger partial charge in [-0.2, -0.15) is 0 Å². The van der Waals surface area contributed by atoms with E-state index in [2.05, 4.69) is 0 Å². The Kier molecular flexibility index (Phi) is 5.30. The van der Waals surface area contributed by atoms with Crippen LogP contribution in [0.4, 0.5) is 0 Å². The second-order valence-electron chi connectivity index (χ2n) is 5.39. The van der Waals surface area contributed by atoms with Gasteiger partial charge in [-0.05, 0) is 31.2 Å². The first kappa shape index (κ1) is 14.7. The van der Waals surface area contributed by atoms with Crippen molar-refractivity contribution < 1.29 is 14.8 Å². The molecule has 1 aliphatic carbocycles. The molecule has 2 N–H and O–H groups in total. The molecule has 1 unspecified atom stereocenters. The average molecular weight is 275 g/mol. The molecule has 2 rings (SSSR count). The van der Waals surface area contributed by atoms with Crippen LogP contribution in [0, 0.1) is 5.92 Å². The number of benzene rings is 1. The molecule has 4 nitrogen and oxygen atoms in total. The summed E-state index contributed by atoms with van der Waals surface area (Å²) in [5, 5.41) is 8.38. The summed E-state index contributed by atoms with van der Waals surface area (Å²) in [6.45, 7) is 0. The number of Topliss-reactive ketones (excluding diaryl/α,β-unsaturated/α-hetero) is 1. The lowest BCUT2D eigenvalue weighted by atomic mass is 9.80. The Morgan fingerprint density at radius 1 is 1.25 bits per heavy atom. The van der Waals surface area contributed by atoms with Crippen molar-refractivity contribution in [2.45, 2.75) is 44.9 Å². The predicted molar refractivity (Wildman–Crippen MR) is 75.6 cm³/mol. The van der Waals surface area contributed by atoms with Gasteiger partial charge in [-0.15, -0.1) is 0 Å². The number of hydrogen-bond acceptors (Lipinski definition) is 3. The molecule has 0 aromatic heterocycles. The summed E-state index contributed by atoms with van der Waals surface area (Å²) in [6.07, 6.45) is 5.79. The van der Waals surface area contributed by atoms with E-state index in [1.165, 1.54) is 5.56 Å². The summed E-state index contributed by atoms with van der Waals surface area (Å²) in [5.74, 6) is 0.0733. The van der Waals surface area contributed by atoms with Crippen LogP contribution in [-0.2, 0) is 11.2 Å². The van der Waals surface area contributed by atoms with Crippen LogP contribution < -0.4 is 5.48 Å². The van der Waals surface area contributed by atoms with E-state index in [4.69, 9.17) is 5.21 Å². The second-order valence-corrected chi connectivity index (χ2v) is 5.39. The number of nitrogens with one attached hydrogen (secondary N) is 1. The monoisotopic (exact) mass is 275 g/mol. The van der Waals surface area contributed by atoms with Crippen LogP contribution >= 0.6 is 0 Å². The van der Waals surface area contributed by atoms with Gasteiger partial charge < -0.3 is 0 Å². The molecule has 1 aromatic carbocycles. The molecule has 4 heteroatoms. The van der Waals surface area contributed by atoms with E-state index >= 15 is 0 Å². The Labute approximate surface area is 119 Å². The molecule has 0 saturated carbocycles. The van der Waals surface area contributed by atoms with Gasteiger partial charge in [0.15, 0.2) is 5.78 Å². The van der Waals surface area contributed by atoms with Crippen molar-refractivity contribution in [3.05, 3.63) is 35.4 Å². The summed E-state index contributed by atoms with van der Waals surface area (Å²) in [4.78, 5) is 23.2. The summed E-state index contributed by atoms with van der Waals surface area (Å²) < 4.78 is 0. The molecule has 0 spiro atoms. The van der Waals surface area contributed by atoms with Crippen molar-refractivity contribution >= 4 is 11.7 Å². The molecular formula is C16H21NO3.